The van der Waals surface area contributed by atoms with Gasteiger partial charge in [0.15, 0.2) is 0 Å². The largest absolute Gasteiger partial charge is 0.374 e. The van der Waals surface area contributed by atoms with Gasteiger partial charge in [-0.15, -0.1) is 12.3 Å². The molecular formula is C18H33NO. The van der Waals surface area contributed by atoms with E-state index in [1.807, 2.05) is 0 Å². The first-order valence-electron chi connectivity index (χ1n) is 8.60. The zero-order valence-electron chi connectivity index (χ0n) is 13.5. The fourth-order valence-corrected chi connectivity index (χ4v) is 3.49. The minimum atomic E-state index is 0.0506. The molecule has 0 aromatic rings. The number of rotatable bonds is 9. The average molecular weight is 279 g/mol. The Morgan fingerprint density at radius 2 is 1.90 bits per heavy atom. The lowest BCUT2D eigenvalue weighted by molar-refractivity contribution is -0.0787. The van der Waals surface area contributed by atoms with Crippen molar-refractivity contribution in [1.29, 1.82) is 0 Å². The Morgan fingerprint density at radius 3 is 2.45 bits per heavy atom. The molecule has 1 unspecified atom stereocenters. The highest BCUT2D eigenvalue weighted by molar-refractivity contribution is 4.95. The Labute approximate surface area is 126 Å². The molecule has 0 aliphatic heterocycles. The molecule has 0 aromatic carbocycles. The van der Waals surface area contributed by atoms with Gasteiger partial charge in [0, 0.05) is 19.1 Å². The zero-order chi connectivity index (χ0) is 14.7. The highest BCUT2D eigenvalue weighted by Gasteiger charge is 2.38. The fourth-order valence-electron chi connectivity index (χ4n) is 3.49. The molecule has 0 spiro atoms. The minimum absolute atomic E-state index is 0.0506. The summed E-state index contributed by atoms with van der Waals surface area (Å²) in [5.41, 5.74) is 0.0506. The van der Waals surface area contributed by atoms with E-state index < -0.39 is 0 Å². The van der Waals surface area contributed by atoms with Crippen LogP contribution < -0.4 is 5.32 Å². The van der Waals surface area contributed by atoms with Crippen LogP contribution in [0.2, 0.25) is 0 Å². The topological polar surface area (TPSA) is 21.3 Å². The molecule has 2 heteroatoms. The van der Waals surface area contributed by atoms with Crippen LogP contribution in [-0.4, -0.2) is 24.8 Å². The molecule has 0 saturated heterocycles. The average Bonchev–Trinajstić information content (AvgIpc) is 2.69. The van der Waals surface area contributed by atoms with Gasteiger partial charge in [0.25, 0.3) is 0 Å². The van der Waals surface area contributed by atoms with E-state index in [4.69, 9.17) is 11.2 Å². The summed E-state index contributed by atoms with van der Waals surface area (Å²) in [6.07, 6.45) is 17.5. The Balaban J connectivity index is 2.74. The second-order valence-electron chi connectivity index (χ2n) is 6.02. The zero-order valence-corrected chi connectivity index (χ0v) is 13.5. The predicted molar refractivity (Wildman–Crippen MR) is 86.8 cm³/mol. The lowest BCUT2D eigenvalue weighted by Gasteiger charge is -2.41. The quantitative estimate of drug-likeness (QED) is 0.386. The highest BCUT2D eigenvalue weighted by Crippen LogP contribution is 2.35. The maximum atomic E-state index is 6.33. The van der Waals surface area contributed by atoms with Gasteiger partial charge < -0.3 is 10.1 Å². The van der Waals surface area contributed by atoms with E-state index in [1.54, 1.807) is 0 Å². The van der Waals surface area contributed by atoms with Gasteiger partial charge in [-0.25, -0.2) is 0 Å². The molecule has 1 aliphatic rings. The number of terminal acetylenes is 1. The SMILES string of the molecule is C#CCCCC(NCCC)C1(OCC)CCCCCC1. The lowest BCUT2D eigenvalue weighted by Crippen LogP contribution is -2.52. The third-order valence-corrected chi connectivity index (χ3v) is 4.47. The molecule has 116 valence electrons. The number of nitrogens with one attached hydrogen (secondary N) is 1. The van der Waals surface area contributed by atoms with E-state index in [1.165, 1.54) is 44.9 Å². The summed E-state index contributed by atoms with van der Waals surface area (Å²) < 4.78 is 6.33. The summed E-state index contributed by atoms with van der Waals surface area (Å²) in [6.45, 7) is 6.26. The van der Waals surface area contributed by atoms with Crippen molar-refractivity contribution in [3.63, 3.8) is 0 Å². The maximum Gasteiger partial charge on any atom is 0.0834 e. The van der Waals surface area contributed by atoms with Crippen LogP contribution in [0.5, 0.6) is 0 Å². The van der Waals surface area contributed by atoms with Gasteiger partial charge in [0.05, 0.1) is 5.60 Å². The maximum absolute atomic E-state index is 6.33. The van der Waals surface area contributed by atoms with Crippen molar-refractivity contribution in [3.8, 4) is 12.3 Å². The second kappa shape index (κ2) is 10.2. The summed E-state index contributed by atoms with van der Waals surface area (Å²) in [5, 5.41) is 3.76. The number of hydrogen-bond acceptors (Lipinski definition) is 2. The monoisotopic (exact) mass is 279 g/mol. The summed E-state index contributed by atoms with van der Waals surface area (Å²) >= 11 is 0. The molecular weight excluding hydrogens is 246 g/mol. The molecule has 0 amide bonds. The lowest BCUT2D eigenvalue weighted by atomic mass is 9.83. The van der Waals surface area contributed by atoms with Crippen molar-refractivity contribution >= 4 is 0 Å². The van der Waals surface area contributed by atoms with Crippen LogP contribution >= 0.6 is 0 Å². The molecule has 1 saturated carbocycles. The van der Waals surface area contributed by atoms with Gasteiger partial charge >= 0.3 is 0 Å². The Morgan fingerprint density at radius 1 is 1.20 bits per heavy atom. The summed E-state index contributed by atoms with van der Waals surface area (Å²) in [6, 6.07) is 0.467. The third kappa shape index (κ3) is 5.46. The summed E-state index contributed by atoms with van der Waals surface area (Å²) in [7, 11) is 0. The van der Waals surface area contributed by atoms with Crippen molar-refractivity contribution < 1.29 is 4.74 Å². The van der Waals surface area contributed by atoms with Gasteiger partial charge in [-0.2, -0.15) is 0 Å². The highest BCUT2D eigenvalue weighted by atomic mass is 16.5. The Hall–Kier alpha value is -0.520. The van der Waals surface area contributed by atoms with Crippen LogP contribution in [0, 0.1) is 12.3 Å². The van der Waals surface area contributed by atoms with E-state index in [-0.39, 0.29) is 5.60 Å². The molecule has 1 fully saturated rings. The van der Waals surface area contributed by atoms with Gasteiger partial charge in [0.1, 0.15) is 0 Å². The molecule has 0 heterocycles. The molecule has 0 radical (unpaired) electrons. The molecule has 0 bridgehead atoms. The van der Waals surface area contributed by atoms with Gasteiger partial charge in [-0.05, 0) is 45.6 Å². The first-order valence-corrected chi connectivity index (χ1v) is 8.60. The van der Waals surface area contributed by atoms with Crippen LogP contribution in [-0.2, 0) is 4.74 Å². The standard InChI is InChI=1S/C18H33NO/c1-4-7-10-13-17(19-16-5-2)18(20-6-3)14-11-8-9-12-15-18/h1,17,19H,5-16H2,2-3H3. The summed E-state index contributed by atoms with van der Waals surface area (Å²) in [4.78, 5) is 0. The molecule has 1 aliphatic carbocycles. The molecule has 0 aromatic heterocycles. The molecule has 1 rings (SSSR count). The normalized spacial score (nSPS) is 20.1. The van der Waals surface area contributed by atoms with Crippen LogP contribution in [0.4, 0.5) is 0 Å². The first-order chi connectivity index (χ1) is 9.79. The van der Waals surface area contributed by atoms with Gasteiger partial charge in [-0.3, -0.25) is 0 Å². The van der Waals surface area contributed by atoms with Crippen molar-refractivity contribution in [3.05, 3.63) is 0 Å². The second-order valence-corrected chi connectivity index (χ2v) is 6.02. The Kier molecular flexibility index (Phi) is 8.98. The van der Waals surface area contributed by atoms with Crippen molar-refractivity contribution in [2.45, 2.75) is 89.7 Å². The van der Waals surface area contributed by atoms with Crippen LogP contribution in [0.1, 0.15) is 78.1 Å². The van der Waals surface area contributed by atoms with Crippen LogP contribution in [0.15, 0.2) is 0 Å². The van der Waals surface area contributed by atoms with Crippen molar-refractivity contribution in [2.75, 3.05) is 13.2 Å². The first kappa shape index (κ1) is 17.5. The minimum Gasteiger partial charge on any atom is -0.374 e. The van der Waals surface area contributed by atoms with Crippen LogP contribution in [0.3, 0.4) is 0 Å². The summed E-state index contributed by atoms with van der Waals surface area (Å²) in [5.74, 6) is 2.77. The predicted octanol–water partition coefficient (Wildman–Crippen LogP) is 4.29. The van der Waals surface area contributed by atoms with E-state index in [2.05, 4.69) is 25.1 Å². The van der Waals surface area contributed by atoms with Crippen LogP contribution in [0.25, 0.3) is 0 Å². The Bertz CT molecular complexity index is 274. The molecule has 1 N–H and O–H groups in total. The van der Waals surface area contributed by atoms with E-state index in [0.717, 1.165) is 32.4 Å². The van der Waals surface area contributed by atoms with Gasteiger partial charge in [-0.1, -0.05) is 32.6 Å². The number of unbranched alkanes of at least 4 members (excludes halogenated alkanes) is 1. The molecule has 2 nitrogen and oxygen atoms in total. The fraction of sp³-hybridized carbons (Fsp3) is 0.889. The third-order valence-electron chi connectivity index (χ3n) is 4.47. The van der Waals surface area contributed by atoms with Crippen molar-refractivity contribution in [2.24, 2.45) is 0 Å². The van der Waals surface area contributed by atoms with E-state index >= 15 is 0 Å². The molecule has 20 heavy (non-hydrogen) atoms. The number of ether oxygens (including phenoxy) is 1. The van der Waals surface area contributed by atoms with E-state index in [9.17, 15) is 0 Å². The van der Waals surface area contributed by atoms with Gasteiger partial charge in [0.2, 0.25) is 0 Å². The van der Waals surface area contributed by atoms with Crippen molar-refractivity contribution in [1.82, 2.24) is 5.32 Å². The number of hydrogen-bond donors (Lipinski definition) is 1. The smallest absolute Gasteiger partial charge is 0.0834 e. The van der Waals surface area contributed by atoms with E-state index in [0.29, 0.717) is 6.04 Å². The molecule has 1 atom stereocenters.